The largest absolute Gasteiger partial charge is 0.394 e. The minimum Gasteiger partial charge on any atom is -0.394 e. The summed E-state index contributed by atoms with van der Waals surface area (Å²) in [6.07, 6.45) is -26.0. The maximum atomic E-state index is 10.1. The van der Waals surface area contributed by atoms with E-state index in [-0.39, 0.29) is 0 Å². The van der Waals surface area contributed by atoms with Crippen LogP contribution in [0.4, 0.5) is 0 Å². The number of aliphatic hydroxyl groups is 14. The summed E-state index contributed by atoms with van der Waals surface area (Å²) < 4.78 is 31.0. The van der Waals surface area contributed by atoms with E-state index in [4.69, 9.17) is 50.1 Å². The smallest absolute Gasteiger partial charge is 0.187 e. The topological polar surface area (TPSA) is 391 Å². The van der Waals surface area contributed by atoms with Crippen molar-refractivity contribution in [3.05, 3.63) is 0 Å². The molecule has 2 unspecified atom stereocenters. The molecule has 272 valence electrons. The normalized spacial score (nSPS) is 51.7. The third-order valence-corrected chi connectivity index (χ3v) is 8.12. The lowest BCUT2D eigenvalue weighted by molar-refractivity contribution is -0.344. The zero-order chi connectivity index (χ0) is 34.6. The molecule has 4 aliphatic rings. The molecule has 4 aliphatic heterocycles. The van der Waals surface area contributed by atoms with E-state index in [9.17, 15) is 61.3 Å². The number of nitrogens with two attached hydrogens (primary N) is 2. The molecule has 0 aromatic carbocycles. The van der Waals surface area contributed by atoms with Gasteiger partial charge in [-0.3, -0.25) is 0 Å². The third-order valence-electron chi connectivity index (χ3n) is 8.12. The summed E-state index contributed by atoms with van der Waals surface area (Å²) in [4.78, 5) is 0. The summed E-state index contributed by atoms with van der Waals surface area (Å²) in [5, 5.41) is 135. The van der Waals surface area contributed by atoms with Crippen molar-refractivity contribution in [2.45, 2.75) is 123 Å². The van der Waals surface area contributed by atoms with Crippen LogP contribution in [0.3, 0.4) is 0 Å². The highest BCUT2D eigenvalue weighted by Gasteiger charge is 2.51. The van der Waals surface area contributed by atoms with Crippen molar-refractivity contribution in [3.63, 3.8) is 0 Å². The maximum Gasteiger partial charge on any atom is 0.187 e. The van der Waals surface area contributed by atoms with Crippen LogP contribution in [-0.4, -0.2) is 221 Å². The quantitative estimate of drug-likeness (QED) is 0.113. The molecule has 22 heteroatoms. The number of hydrogen-bond acceptors (Lipinski definition) is 22. The highest BCUT2D eigenvalue weighted by molar-refractivity contribution is 4.96. The van der Waals surface area contributed by atoms with E-state index in [0.29, 0.717) is 0 Å². The van der Waals surface area contributed by atoms with Crippen LogP contribution in [0.5, 0.6) is 0 Å². The minimum absolute atomic E-state index is 0.622. The Morgan fingerprint density at radius 3 is 0.978 bits per heavy atom. The molecule has 0 bridgehead atoms. The van der Waals surface area contributed by atoms with Crippen molar-refractivity contribution in [2.24, 2.45) is 11.5 Å². The monoisotopic (exact) mass is 682 g/mol. The first-order chi connectivity index (χ1) is 21.6. The molecule has 0 aromatic rings. The first kappa shape index (κ1) is 39.6. The van der Waals surface area contributed by atoms with Gasteiger partial charge < -0.3 is 111 Å². The Bertz CT molecular complexity index is 836. The molecule has 4 fully saturated rings. The summed E-state index contributed by atoms with van der Waals surface area (Å²) >= 11 is 0. The molecule has 22 nitrogen and oxygen atoms in total. The van der Waals surface area contributed by atoms with E-state index in [2.05, 4.69) is 0 Å². The van der Waals surface area contributed by atoms with Crippen LogP contribution >= 0.6 is 0 Å². The number of ether oxygens (including phenoxy) is 6. The van der Waals surface area contributed by atoms with Gasteiger partial charge in [-0.1, -0.05) is 0 Å². The SMILES string of the molecule is N[C@H]1C(O)O[C@H](CO)[C@@H](O[C@@H]2O[C@H](CO)[C@H](O)[C@H](O)[C@H]2O)[C@@H]1O.N[C@H]1C(O)O[C@H](CO)[C@@H](O[C@@H]2O[C@H](CO)[C@H](O)[C@H](O)[C@H]2O)[C@@H]1O. The van der Waals surface area contributed by atoms with E-state index in [0.717, 1.165) is 0 Å². The maximum absolute atomic E-state index is 10.1. The molecule has 0 amide bonds. The number of rotatable bonds is 8. The Labute approximate surface area is 261 Å². The lowest BCUT2D eigenvalue weighted by atomic mass is 9.96. The summed E-state index contributed by atoms with van der Waals surface area (Å²) in [7, 11) is 0. The van der Waals surface area contributed by atoms with Crippen molar-refractivity contribution < 1.29 is 99.9 Å². The van der Waals surface area contributed by atoms with Crippen LogP contribution in [0.15, 0.2) is 0 Å². The third kappa shape index (κ3) is 8.45. The van der Waals surface area contributed by atoms with Crippen LogP contribution in [0.25, 0.3) is 0 Å². The fraction of sp³-hybridized carbons (Fsp3) is 1.00. The summed E-state index contributed by atoms with van der Waals surface area (Å²) in [5.41, 5.74) is 11.1. The van der Waals surface area contributed by atoms with Gasteiger partial charge in [-0.05, 0) is 0 Å². The van der Waals surface area contributed by atoms with Gasteiger partial charge in [0, 0.05) is 0 Å². The molecular weight excluding hydrogens is 636 g/mol. The van der Waals surface area contributed by atoms with Crippen LogP contribution in [0, 0.1) is 0 Å². The van der Waals surface area contributed by atoms with Crippen LogP contribution in [-0.2, 0) is 28.4 Å². The second-order valence-corrected chi connectivity index (χ2v) is 11.2. The van der Waals surface area contributed by atoms with Gasteiger partial charge in [0.25, 0.3) is 0 Å². The molecule has 0 aliphatic carbocycles. The van der Waals surface area contributed by atoms with Crippen LogP contribution in [0.2, 0.25) is 0 Å². The zero-order valence-corrected chi connectivity index (χ0v) is 24.2. The Morgan fingerprint density at radius 2 is 0.696 bits per heavy atom. The van der Waals surface area contributed by atoms with E-state index < -0.39 is 149 Å². The van der Waals surface area contributed by atoms with Crippen molar-refractivity contribution in [1.82, 2.24) is 0 Å². The van der Waals surface area contributed by atoms with Gasteiger partial charge in [0.2, 0.25) is 0 Å². The van der Waals surface area contributed by atoms with E-state index in [1.54, 1.807) is 0 Å². The van der Waals surface area contributed by atoms with Gasteiger partial charge in [0.1, 0.15) is 85.5 Å². The minimum atomic E-state index is -1.68. The lowest BCUT2D eigenvalue weighted by Crippen LogP contribution is -2.66. The fourth-order valence-electron chi connectivity index (χ4n) is 5.21. The molecule has 4 heterocycles. The second kappa shape index (κ2) is 17.2. The Morgan fingerprint density at radius 1 is 0.391 bits per heavy atom. The molecule has 0 saturated carbocycles. The molecule has 4 rings (SSSR count). The highest BCUT2D eigenvalue weighted by Crippen LogP contribution is 2.29. The van der Waals surface area contributed by atoms with Gasteiger partial charge in [-0.25, -0.2) is 0 Å². The predicted octanol–water partition coefficient (Wildman–Crippen LogP) is -10.9. The first-order valence-corrected chi connectivity index (χ1v) is 14.3. The van der Waals surface area contributed by atoms with Gasteiger partial charge in [0.05, 0.1) is 38.5 Å². The Hall–Kier alpha value is -0.880. The molecule has 0 aromatic heterocycles. The Kier molecular flexibility index (Phi) is 14.8. The average molecular weight is 683 g/mol. The molecule has 46 heavy (non-hydrogen) atoms. The molecule has 0 spiro atoms. The van der Waals surface area contributed by atoms with E-state index in [1.165, 1.54) is 0 Å². The second-order valence-electron chi connectivity index (χ2n) is 11.2. The van der Waals surface area contributed by atoms with E-state index >= 15 is 0 Å². The summed E-state index contributed by atoms with van der Waals surface area (Å²) in [6.45, 7) is -2.53. The van der Waals surface area contributed by atoms with Crippen molar-refractivity contribution in [3.8, 4) is 0 Å². The predicted molar refractivity (Wildman–Crippen MR) is 141 cm³/mol. The standard InChI is InChI=1S/2C12H23NO10/c2*13-5-7(17)10(4(2-15)21-11(5)20)23-12-9(19)8(18)6(16)3(1-14)22-12/h2*3-12,14-20H,1-2,13H2/t2*3-,4-,5-,6+,7-,8+,9-,10-,11?,12+/m11/s1. The van der Waals surface area contributed by atoms with Crippen molar-refractivity contribution >= 4 is 0 Å². The van der Waals surface area contributed by atoms with Crippen LogP contribution in [0.1, 0.15) is 0 Å². The van der Waals surface area contributed by atoms with Crippen LogP contribution < -0.4 is 11.5 Å². The van der Waals surface area contributed by atoms with Gasteiger partial charge in [0.15, 0.2) is 25.2 Å². The molecule has 20 atom stereocenters. The summed E-state index contributed by atoms with van der Waals surface area (Å²) in [6, 6.07) is -2.46. The number of hydrogen-bond donors (Lipinski definition) is 16. The zero-order valence-electron chi connectivity index (χ0n) is 24.2. The Balaban J connectivity index is 0.000000250. The molecular formula is C24H46N2O20. The summed E-state index contributed by atoms with van der Waals surface area (Å²) in [5.74, 6) is 0. The van der Waals surface area contributed by atoms with Crippen molar-refractivity contribution in [2.75, 3.05) is 26.4 Å². The highest BCUT2D eigenvalue weighted by atomic mass is 16.7. The number of aliphatic hydroxyl groups excluding tert-OH is 14. The molecule has 0 radical (unpaired) electrons. The van der Waals surface area contributed by atoms with Gasteiger partial charge in [-0.15, -0.1) is 0 Å². The average Bonchev–Trinajstić information content (AvgIpc) is 3.05. The van der Waals surface area contributed by atoms with Crippen molar-refractivity contribution in [1.29, 1.82) is 0 Å². The van der Waals surface area contributed by atoms with E-state index in [1.807, 2.05) is 0 Å². The molecule has 4 saturated heterocycles. The lowest BCUT2D eigenvalue weighted by Gasteiger charge is -2.45. The van der Waals surface area contributed by atoms with Gasteiger partial charge >= 0.3 is 0 Å². The van der Waals surface area contributed by atoms with Gasteiger partial charge in [-0.2, -0.15) is 0 Å². The molecule has 18 N–H and O–H groups in total. The first-order valence-electron chi connectivity index (χ1n) is 14.3. The fourth-order valence-corrected chi connectivity index (χ4v) is 5.21.